The van der Waals surface area contributed by atoms with Gasteiger partial charge in [-0.1, -0.05) is 24.3 Å². The molecule has 1 heteroatoms. The molecule has 1 aliphatic carbocycles. The first kappa shape index (κ1) is 9.41. The Morgan fingerprint density at radius 1 is 1.07 bits per heavy atom. The second-order valence-corrected chi connectivity index (χ2v) is 5.08. The van der Waals surface area contributed by atoms with Crippen LogP contribution >= 0.6 is 0 Å². The van der Waals surface area contributed by atoms with Crippen molar-refractivity contribution >= 4 is 0 Å². The summed E-state index contributed by atoms with van der Waals surface area (Å²) in [4.78, 5) is 0. The van der Waals surface area contributed by atoms with E-state index in [2.05, 4.69) is 29.6 Å². The largest absolute Gasteiger partial charge is 0.316 e. The average molecular weight is 201 g/mol. The molecule has 1 aromatic rings. The van der Waals surface area contributed by atoms with Gasteiger partial charge in [0.2, 0.25) is 0 Å². The summed E-state index contributed by atoms with van der Waals surface area (Å²) in [6, 6.07) is 9.36. The molecule has 0 spiro atoms. The summed E-state index contributed by atoms with van der Waals surface area (Å²) in [6.45, 7) is 2.43. The Labute approximate surface area is 91.9 Å². The maximum Gasteiger partial charge on any atom is -0.00169 e. The Balaban J connectivity index is 1.64. The topological polar surface area (TPSA) is 12.0 Å². The lowest BCUT2D eigenvalue weighted by atomic mass is 9.97. The van der Waals surface area contributed by atoms with E-state index in [1.165, 1.54) is 44.3 Å². The summed E-state index contributed by atoms with van der Waals surface area (Å²) >= 11 is 0. The third kappa shape index (κ3) is 2.23. The van der Waals surface area contributed by atoms with E-state index in [4.69, 9.17) is 0 Å². The minimum Gasteiger partial charge on any atom is -0.316 e. The number of rotatable bonds is 3. The van der Waals surface area contributed by atoms with Gasteiger partial charge in [-0.05, 0) is 61.7 Å². The molecule has 80 valence electrons. The van der Waals surface area contributed by atoms with Crippen LogP contribution in [0, 0.1) is 5.92 Å². The molecule has 1 N–H and O–H groups in total. The Hall–Kier alpha value is -0.820. The minimum absolute atomic E-state index is 0.872. The van der Waals surface area contributed by atoms with E-state index in [0.717, 1.165) is 11.8 Å². The lowest BCUT2D eigenvalue weighted by Crippen LogP contribution is -2.10. The molecule has 1 aliphatic heterocycles. The Morgan fingerprint density at radius 2 is 1.87 bits per heavy atom. The molecule has 1 saturated carbocycles. The van der Waals surface area contributed by atoms with Crippen molar-refractivity contribution in [3.05, 3.63) is 35.4 Å². The van der Waals surface area contributed by atoms with Crippen molar-refractivity contribution in [2.75, 3.05) is 13.1 Å². The zero-order valence-electron chi connectivity index (χ0n) is 9.21. The van der Waals surface area contributed by atoms with Crippen molar-refractivity contribution in [2.45, 2.75) is 31.6 Å². The predicted molar refractivity (Wildman–Crippen MR) is 63.1 cm³/mol. The molecule has 1 aromatic carbocycles. The number of hydrogen-bond donors (Lipinski definition) is 1. The van der Waals surface area contributed by atoms with Gasteiger partial charge in [0.25, 0.3) is 0 Å². The first-order valence-corrected chi connectivity index (χ1v) is 6.21. The second kappa shape index (κ2) is 3.97. The first-order valence-electron chi connectivity index (χ1n) is 6.21. The monoisotopic (exact) mass is 201 g/mol. The third-order valence-corrected chi connectivity index (χ3v) is 3.72. The fraction of sp³-hybridized carbons (Fsp3) is 0.571. The van der Waals surface area contributed by atoms with Gasteiger partial charge in [-0.15, -0.1) is 0 Å². The normalized spacial score (nSPS) is 25.7. The molecule has 2 aliphatic rings. The van der Waals surface area contributed by atoms with E-state index in [1.54, 1.807) is 5.56 Å². The van der Waals surface area contributed by atoms with Gasteiger partial charge in [-0.3, -0.25) is 0 Å². The molecule has 15 heavy (non-hydrogen) atoms. The summed E-state index contributed by atoms with van der Waals surface area (Å²) in [7, 11) is 0. The Bertz CT molecular complexity index is 318. The highest BCUT2D eigenvalue weighted by Crippen LogP contribution is 2.39. The van der Waals surface area contributed by atoms with Crippen LogP contribution in [0.3, 0.4) is 0 Å². The molecule has 1 heterocycles. The zero-order chi connectivity index (χ0) is 10.1. The van der Waals surface area contributed by atoms with Crippen molar-refractivity contribution in [1.29, 1.82) is 0 Å². The van der Waals surface area contributed by atoms with E-state index in [1.807, 2.05) is 0 Å². The molecule has 3 rings (SSSR count). The van der Waals surface area contributed by atoms with Crippen LogP contribution in [0.4, 0.5) is 0 Å². The van der Waals surface area contributed by atoms with Crippen LogP contribution in [0.15, 0.2) is 24.3 Å². The fourth-order valence-corrected chi connectivity index (χ4v) is 2.56. The lowest BCUT2D eigenvalue weighted by molar-refractivity contribution is 0.580. The van der Waals surface area contributed by atoms with E-state index in [-0.39, 0.29) is 0 Å². The molecular formula is C14H19N. The third-order valence-electron chi connectivity index (χ3n) is 3.72. The molecular weight excluding hydrogens is 182 g/mol. The molecule has 0 aromatic heterocycles. The summed E-state index contributed by atoms with van der Waals surface area (Å²) in [5, 5.41) is 3.43. The molecule has 2 fully saturated rings. The van der Waals surface area contributed by atoms with E-state index < -0.39 is 0 Å². The first-order chi connectivity index (χ1) is 7.42. The van der Waals surface area contributed by atoms with Crippen molar-refractivity contribution in [3.63, 3.8) is 0 Å². The lowest BCUT2D eigenvalue weighted by Gasteiger charge is -2.08. The van der Waals surface area contributed by atoms with Gasteiger partial charge < -0.3 is 5.32 Å². The molecule has 0 radical (unpaired) electrons. The summed E-state index contributed by atoms with van der Waals surface area (Å²) in [5.41, 5.74) is 3.08. The molecule has 1 atom stereocenters. The van der Waals surface area contributed by atoms with Crippen molar-refractivity contribution in [2.24, 2.45) is 5.92 Å². The SMILES string of the molecule is c1cc(C2CC2)ccc1CC1CCNC1. The van der Waals surface area contributed by atoms with Crippen molar-refractivity contribution in [3.8, 4) is 0 Å². The van der Waals surface area contributed by atoms with Crippen LogP contribution in [0.2, 0.25) is 0 Å². The fourth-order valence-electron chi connectivity index (χ4n) is 2.56. The predicted octanol–water partition coefficient (Wildman–Crippen LogP) is 2.72. The van der Waals surface area contributed by atoms with Gasteiger partial charge in [-0.2, -0.15) is 0 Å². The van der Waals surface area contributed by atoms with E-state index >= 15 is 0 Å². The van der Waals surface area contributed by atoms with Gasteiger partial charge in [-0.25, -0.2) is 0 Å². The summed E-state index contributed by atoms with van der Waals surface area (Å²) in [5.74, 6) is 1.77. The maximum atomic E-state index is 3.43. The van der Waals surface area contributed by atoms with Crippen molar-refractivity contribution in [1.82, 2.24) is 5.32 Å². The van der Waals surface area contributed by atoms with Crippen LogP contribution in [0.5, 0.6) is 0 Å². The standard InChI is InChI=1S/C14H19N/c1-3-13(14-5-6-14)4-2-11(1)9-12-7-8-15-10-12/h1-4,12,14-15H,5-10H2. The zero-order valence-corrected chi connectivity index (χ0v) is 9.21. The average Bonchev–Trinajstić information content (AvgIpc) is 2.99. The van der Waals surface area contributed by atoms with Gasteiger partial charge in [0, 0.05) is 0 Å². The maximum absolute atomic E-state index is 3.43. The molecule has 0 bridgehead atoms. The van der Waals surface area contributed by atoms with Gasteiger partial charge >= 0.3 is 0 Å². The van der Waals surface area contributed by atoms with E-state index in [9.17, 15) is 0 Å². The minimum atomic E-state index is 0.872. The molecule has 1 nitrogen and oxygen atoms in total. The summed E-state index contributed by atoms with van der Waals surface area (Å²) < 4.78 is 0. The van der Waals surface area contributed by atoms with Crippen LogP contribution in [0.1, 0.15) is 36.3 Å². The van der Waals surface area contributed by atoms with Crippen LogP contribution < -0.4 is 5.32 Å². The molecule has 0 amide bonds. The van der Waals surface area contributed by atoms with Gasteiger partial charge in [0.15, 0.2) is 0 Å². The highest BCUT2D eigenvalue weighted by atomic mass is 14.9. The molecule has 1 saturated heterocycles. The Morgan fingerprint density at radius 3 is 2.47 bits per heavy atom. The number of nitrogens with one attached hydrogen (secondary N) is 1. The highest BCUT2D eigenvalue weighted by Gasteiger charge is 2.23. The van der Waals surface area contributed by atoms with Crippen molar-refractivity contribution < 1.29 is 0 Å². The quantitative estimate of drug-likeness (QED) is 0.793. The Kier molecular flexibility index (Phi) is 2.49. The van der Waals surface area contributed by atoms with Gasteiger partial charge in [0.1, 0.15) is 0 Å². The molecule has 1 unspecified atom stereocenters. The number of hydrogen-bond acceptors (Lipinski definition) is 1. The smallest absolute Gasteiger partial charge is 0.00169 e. The van der Waals surface area contributed by atoms with Gasteiger partial charge in [0.05, 0.1) is 0 Å². The van der Waals surface area contributed by atoms with Crippen LogP contribution in [-0.4, -0.2) is 13.1 Å². The second-order valence-electron chi connectivity index (χ2n) is 5.08. The highest BCUT2D eigenvalue weighted by molar-refractivity contribution is 5.28. The van der Waals surface area contributed by atoms with E-state index in [0.29, 0.717) is 0 Å². The van der Waals surface area contributed by atoms with Crippen LogP contribution in [-0.2, 0) is 6.42 Å². The van der Waals surface area contributed by atoms with Crippen LogP contribution in [0.25, 0.3) is 0 Å². The number of benzene rings is 1. The summed E-state index contributed by atoms with van der Waals surface area (Å²) in [6.07, 6.45) is 5.43.